The Hall–Kier alpha value is -3.15. The monoisotopic (exact) mass is 381 g/mol. The number of hydrogen-bond acceptors (Lipinski definition) is 4. The van der Waals surface area contributed by atoms with Crippen molar-refractivity contribution >= 4 is 23.2 Å². The molecule has 2 N–H and O–H groups in total. The lowest BCUT2D eigenvalue weighted by Gasteiger charge is -2.08. The summed E-state index contributed by atoms with van der Waals surface area (Å²) in [4.78, 5) is 24.1. The minimum Gasteiger partial charge on any atom is -0.494 e. The van der Waals surface area contributed by atoms with Gasteiger partial charge in [0.15, 0.2) is 0 Å². The Morgan fingerprint density at radius 1 is 0.893 bits per heavy atom. The van der Waals surface area contributed by atoms with Crippen LogP contribution in [-0.4, -0.2) is 24.1 Å². The normalized spacial score (nSPS) is 11.0. The van der Waals surface area contributed by atoms with Gasteiger partial charge in [0.1, 0.15) is 5.75 Å². The molecule has 0 spiro atoms. The molecule has 0 heterocycles. The zero-order valence-corrected chi connectivity index (χ0v) is 16.4. The largest absolute Gasteiger partial charge is 0.494 e. The summed E-state index contributed by atoms with van der Waals surface area (Å²) in [7, 11) is 0. The number of ether oxygens (including phenoxy) is 1. The summed E-state index contributed by atoms with van der Waals surface area (Å²) >= 11 is 0. The van der Waals surface area contributed by atoms with Crippen LogP contribution in [0.4, 0.5) is 5.69 Å². The molecular weight excluding hydrogens is 354 g/mol. The molecule has 28 heavy (non-hydrogen) atoms. The van der Waals surface area contributed by atoms with E-state index in [1.807, 2.05) is 37.3 Å². The van der Waals surface area contributed by atoms with Gasteiger partial charge >= 0.3 is 0 Å². The maximum atomic E-state index is 12.0. The number of carbonyl (C=O) groups is 2. The number of nitrogens with one attached hydrogen (secondary N) is 2. The highest BCUT2D eigenvalue weighted by molar-refractivity contribution is 6.01. The van der Waals surface area contributed by atoms with Crippen LogP contribution in [0.1, 0.15) is 45.1 Å². The molecule has 0 radical (unpaired) electrons. The fourth-order valence-electron chi connectivity index (χ4n) is 2.57. The second kappa shape index (κ2) is 11.5. The van der Waals surface area contributed by atoms with Gasteiger partial charge in [-0.15, -0.1) is 0 Å². The van der Waals surface area contributed by atoms with Crippen molar-refractivity contribution in [2.45, 2.75) is 39.5 Å². The van der Waals surface area contributed by atoms with Crippen LogP contribution in [-0.2, 0) is 9.59 Å². The molecule has 0 saturated carbocycles. The van der Waals surface area contributed by atoms with Gasteiger partial charge in [-0.1, -0.05) is 43.7 Å². The molecule has 0 aliphatic carbocycles. The van der Waals surface area contributed by atoms with E-state index in [-0.39, 0.29) is 24.7 Å². The average Bonchev–Trinajstić information content (AvgIpc) is 2.72. The number of benzene rings is 2. The summed E-state index contributed by atoms with van der Waals surface area (Å²) in [5.74, 6) is 0.241. The highest BCUT2D eigenvalue weighted by Gasteiger charge is 2.08. The molecule has 0 atom stereocenters. The summed E-state index contributed by atoms with van der Waals surface area (Å²) in [6, 6.07) is 16.9. The van der Waals surface area contributed by atoms with E-state index in [1.165, 1.54) is 0 Å². The molecule has 2 amide bonds. The highest BCUT2D eigenvalue weighted by atomic mass is 16.5. The maximum absolute atomic E-state index is 12.0. The lowest BCUT2D eigenvalue weighted by Crippen LogP contribution is -2.22. The zero-order chi connectivity index (χ0) is 20.2. The van der Waals surface area contributed by atoms with Crippen molar-refractivity contribution in [3.05, 3.63) is 60.2 Å². The van der Waals surface area contributed by atoms with Gasteiger partial charge in [-0.25, -0.2) is 5.43 Å². The summed E-state index contributed by atoms with van der Waals surface area (Å²) in [6.45, 7) is 4.56. The van der Waals surface area contributed by atoms with Gasteiger partial charge < -0.3 is 10.1 Å². The lowest BCUT2D eigenvalue weighted by atomic mass is 10.1. The number of hydrogen-bond donors (Lipinski definition) is 2. The van der Waals surface area contributed by atoms with Gasteiger partial charge in [-0.2, -0.15) is 5.10 Å². The first-order valence-corrected chi connectivity index (χ1v) is 9.56. The van der Waals surface area contributed by atoms with Crippen LogP contribution in [0, 0.1) is 0 Å². The van der Waals surface area contributed by atoms with Crippen molar-refractivity contribution in [1.29, 1.82) is 0 Å². The molecule has 6 heteroatoms. The van der Waals surface area contributed by atoms with Gasteiger partial charge in [0.05, 0.1) is 12.3 Å². The lowest BCUT2D eigenvalue weighted by molar-refractivity contribution is -0.124. The maximum Gasteiger partial charge on any atom is 0.240 e. The van der Waals surface area contributed by atoms with Crippen molar-refractivity contribution in [2.24, 2.45) is 5.10 Å². The van der Waals surface area contributed by atoms with Gasteiger partial charge in [0.2, 0.25) is 11.8 Å². The van der Waals surface area contributed by atoms with Crippen molar-refractivity contribution in [3.8, 4) is 5.75 Å². The Labute approximate surface area is 166 Å². The van der Waals surface area contributed by atoms with E-state index in [0.29, 0.717) is 12.3 Å². The first-order chi connectivity index (χ1) is 13.6. The number of nitrogens with zero attached hydrogens (tertiary/aromatic N) is 1. The van der Waals surface area contributed by atoms with Crippen LogP contribution >= 0.6 is 0 Å². The minimum atomic E-state index is -0.286. The Kier molecular flexibility index (Phi) is 8.72. The molecule has 0 bridgehead atoms. The van der Waals surface area contributed by atoms with E-state index in [0.717, 1.165) is 29.9 Å². The van der Waals surface area contributed by atoms with Crippen LogP contribution < -0.4 is 15.5 Å². The number of amides is 2. The second-order valence-corrected chi connectivity index (χ2v) is 6.22. The zero-order valence-electron chi connectivity index (χ0n) is 16.4. The SMILES string of the molecule is CCC/C(=N\NC(=O)CCC(=O)Nc1ccc(OCC)cc1)c1ccccc1. The first kappa shape index (κ1) is 21.2. The highest BCUT2D eigenvalue weighted by Crippen LogP contribution is 2.15. The fraction of sp³-hybridized carbons (Fsp3) is 0.318. The molecule has 0 aliphatic rings. The molecular formula is C22H27N3O3. The van der Waals surface area contributed by atoms with Crippen LogP contribution in [0.2, 0.25) is 0 Å². The van der Waals surface area contributed by atoms with E-state index in [1.54, 1.807) is 24.3 Å². The minimum absolute atomic E-state index is 0.0700. The number of carbonyl (C=O) groups excluding carboxylic acids is 2. The second-order valence-electron chi connectivity index (χ2n) is 6.22. The molecule has 0 aromatic heterocycles. The van der Waals surface area contributed by atoms with E-state index in [2.05, 4.69) is 22.8 Å². The summed E-state index contributed by atoms with van der Waals surface area (Å²) < 4.78 is 5.36. The van der Waals surface area contributed by atoms with E-state index < -0.39 is 0 Å². The van der Waals surface area contributed by atoms with E-state index >= 15 is 0 Å². The van der Waals surface area contributed by atoms with Crippen LogP contribution in [0.5, 0.6) is 5.75 Å². The van der Waals surface area contributed by atoms with Crippen LogP contribution in [0.15, 0.2) is 59.7 Å². The molecule has 0 aliphatic heterocycles. The third-order valence-electron chi connectivity index (χ3n) is 3.94. The predicted molar refractivity (Wildman–Crippen MR) is 112 cm³/mol. The van der Waals surface area contributed by atoms with Gasteiger partial charge in [0, 0.05) is 18.5 Å². The molecule has 2 rings (SSSR count). The molecule has 0 fully saturated rings. The summed E-state index contributed by atoms with van der Waals surface area (Å²) in [5.41, 5.74) is 5.04. The third kappa shape index (κ3) is 7.23. The Morgan fingerprint density at radius 3 is 2.21 bits per heavy atom. The third-order valence-corrected chi connectivity index (χ3v) is 3.94. The molecule has 0 saturated heterocycles. The Morgan fingerprint density at radius 2 is 1.57 bits per heavy atom. The molecule has 0 unspecified atom stereocenters. The topological polar surface area (TPSA) is 79.8 Å². The quantitative estimate of drug-likeness (QED) is 0.480. The predicted octanol–water partition coefficient (Wildman–Crippen LogP) is 4.12. The molecule has 2 aromatic rings. The summed E-state index contributed by atoms with van der Waals surface area (Å²) in [6.07, 6.45) is 1.85. The fourth-order valence-corrected chi connectivity index (χ4v) is 2.57. The number of rotatable bonds is 10. The smallest absolute Gasteiger partial charge is 0.240 e. The van der Waals surface area contributed by atoms with Crippen LogP contribution in [0.3, 0.4) is 0 Å². The Bertz CT molecular complexity index is 786. The van der Waals surface area contributed by atoms with E-state index in [9.17, 15) is 9.59 Å². The van der Waals surface area contributed by atoms with Crippen molar-refractivity contribution in [3.63, 3.8) is 0 Å². The number of hydrazone groups is 1. The average molecular weight is 381 g/mol. The van der Waals surface area contributed by atoms with E-state index in [4.69, 9.17) is 4.74 Å². The molecule has 2 aromatic carbocycles. The molecule has 6 nitrogen and oxygen atoms in total. The summed E-state index contributed by atoms with van der Waals surface area (Å²) in [5, 5.41) is 7.01. The van der Waals surface area contributed by atoms with Crippen LogP contribution in [0.25, 0.3) is 0 Å². The van der Waals surface area contributed by atoms with Gasteiger partial charge in [0.25, 0.3) is 0 Å². The Balaban J connectivity index is 1.81. The number of anilines is 1. The first-order valence-electron chi connectivity index (χ1n) is 9.56. The standard InChI is InChI=1S/C22H27N3O3/c1-3-8-20(17-9-6-5-7-10-17)24-25-22(27)16-15-21(26)23-18-11-13-19(14-12-18)28-4-2/h5-7,9-14H,3-4,8,15-16H2,1-2H3,(H,23,26)(H,25,27)/b24-20+. The van der Waals surface area contributed by atoms with Crippen molar-refractivity contribution < 1.29 is 14.3 Å². The van der Waals surface area contributed by atoms with Gasteiger partial charge in [-0.3, -0.25) is 9.59 Å². The van der Waals surface area contributed by atoms with Crippen molar-refractivity contribution in [1.82, 2.24) is 5.43 Å². The van der Waals surface area contributed by atoms with Crippen molar-refractivity contribution in [2.75, 3.05) is 11.9 Å². The molecule has 148 valence electrons. The van der Waals surface area contributed by atoms with Gasteiger partial charge in [-0.05, 0) is 43.2 Å².